The third-order valence-electron chi connectivity index (χ3n) is 4.44. The molecule has 9 heteroatoms. The van der Waals surface area contributed by atoms with Gasteiger partial charge in [-0.25, -0.2) is 0 Å². The largest absolute Gasteiger partial charge is 0.507 e. The van der Waals surface area contributed by atoms with Crippen molar-refractivity contribution in [3.63, 3.8) is 0 Å². The molecule has 0 unspecified atom stereocenters. The molecule has 1 aromatic heterocycles. The monoisotopic (exact) mass is 389 g/mol. The predicted octanol–water partition coefficient (Wildman–Crippen LogP) is 2.98. The van der Waals surface area contributed by atoms with Gasteiger partial charge in [0, 0.05) is 44.6 Å². The standard InChI is InChI=1S/C18H23N3O5Si/c1-23-27(24-2,25-3)11-5-10-26-13-8-9-14(17(22)12-13)15-6-4-7-16-18(15)20-21-19-16/h4,6-9,12,22H,5,10-11H2,1-3H3,(H,19,20,21). The van der Waals surface area contributed by atoms with Crippen molar-refractivity contribution in [1.82, 2.24) is 15.4 Å². The summed E-state index contributed by atoms with van der Waals surface area (Å²) in [7, 11) is 2.18. The van der Waals surface area contributed by atoms with E-state index >= 15 is 0 Å². The number of benzene rings is 2. The molecule has 0 spiro atoms. The highest BCUT2D eigenvalue weighted by Crippen LogP contribution is 2.35. The molecule has 0 radical (unpaired) electrons. The van der Waals surface area contributed by atoms with Gasteiger partial charge in [0.2, 0.25) is 0 Å². The fourth-order valence-electron chi connectivity index (χ4n) is 2.95. The van der Waals surface area contributed by atoms with E-state index in [2.05, 4.69) is 15.4 Å². The van der Waals surface area contributed by atoms with Crippen LogP contribution in [0.3, 0.4) is 0 Å². The molecule has 0 amide bonds. The number of ether oxygens (including phenoxy) is 1. The van der Waals surface area contributed by atoms with E-state index in [4.69, 9.17) is 18.0 Å². The second kappa shape index (κ2) is 8.48. The van der Waals surface area contributed by atoms with E-state index in [0.29, 0.717) is 35.9 Å². The molecule has 1 heterocycles. The number of nitrogens with one attached hydrogen (secondary N) is 1. The van der Waals surface area contributed by atoms with Gasteiger partial charge in [-0.15, -0.1) is 5.10 Å². The number of phenols is 1. The van der Waals surface area contributed by atoms with Gasteiger partial charge in [-0.2, -0.15) is 0 Å². The number of hydrogen-bond donors (Lipinski definition) is 2. The van der Waals surface area contributed by atoms with Crippen molar-refractivity contribution in [2.75, 3.05) is 27.9 Å². The minimum Gasteiger partial charge on any atom is -0.507 e. The number of H-pyrrole nitrogens is 1. The summed E-state index contributed by atoms with van der Waals surface area (Å²) in [4.78, 5) is 0. The Bertz CT molecular complexity index is 889. The zero-order valence-corrected chi connectivity index (χ0v) is 16.6. The Hall–Kier alpha value is -2.46. The van der Waals surface area contributed by atoms with Crippen molar-refractivity contribution in [1.29, 1.82) is 0 Å². The van der Waals surface area contributed by atoms with E-state index in [0.717, 1.165) is 11.1 Å². The van der Waals surface area contributed by atoms with Gasteiger partial charge in [-0.3, -0.25) is 5.10 Å². The lowest BCUT2D eigenvalue weighted by atomic mass is 10.0. The highest BCUT2D eigenvalue weighted by atomic mass is 28.4. The van der Waals surface area contributed by atoms with E-state index in [1.54, 1.807) is 27.4 Å². The predicted molar refractivity (Wildman–Crippen MR) is 103 cm³/mol. The second-order valence-corrected chi connectivity index (χ2v) is 9.03. The molecule has 0 saturated carbocycles. The van der Waals surface area contributed by atoms with Crippen LogP contribution < -0.4 is 4.74 Å². The van der Waals surface area contributed by atoms with Crippen molar-refractivity contribution in [3.05, 3.63) is 36.4 Å². The lowest BCUT2D eigenvalue weighted by molar-refractivity contribution is 0.121. The van der Waals surface area contributed by atoms with Crippen LogP contribution in [0.15, 0.2) is 36.4 Å². The third-order valence-corrected chi connectivity index (χ3v) is 7.28. The molecule has 0 saturated heterocycles. The molecule has 2 N–H and O–H groups in total. The van der Waals surface area contributed by atoms with E-state index in [-0.39, 0.29) is 5.75 Å². The van der Waals surface area contributed by atoms with Gasteiger partial charge in [-0.1, -0.05) is 17.3 Å². The number of aromatic amines is 1. The van der Waals surface area contributed by atoms with Crippen LogP contribution in [0.25, 0.3) is 22.2 Å². The highest BCUT2D eigenvalue weighted by molar-refractivity contribution is 6.60. The molecule has 3 rings (SSSR count). The summed E-state index contributed by atoms with van der Waals surface area (Å²) >= 11 is 0. The summed E-state index contributed by atoms with van der Waals surface area (Å²) < 4.78 is 21.9. The molecule has 2 aromatic carbocycles. The zero-order chi connectivity index (χ0) is 19.3. The fourth-order valence-corrected chi connectivity index (χ4v) is 4.64. The number of nitrogens with zero attached hydrogens (tertiary/aromatic N) is 2. The van der Waals surface area contributed by atoms with E-state index < -0.39 is 8.80 Å². The first kappa shape index (κ1) is 19.3. The van der Waals surface area contributed by atoms with Gasteiger partial charge < -0.3 is 23.1 Å². The van der Waals surface area contributed by atoms with Crippen molar-refractivity contribution in [2.24, 2.45) is 0 Å². The normalized spacial score (nSPS) is 11.8. The first-order valence-corrected chi connectivity index (χ1v) is 10.5. The summed E-state index contributed by atoms with van der Waals surface area (Å²) in [5.41, 5.74) is 3.00. The Labute approximate surface area is 158 Å². The molecule has 0 atom stereocenters. The van der Waals surface area contributed by atoms with Gasteiger partial charge >= 0.3 is 8.80 Å². The average molecular weight is 389 g/mol. The second-order valence-electron chi connectivity index (χ2n) is 5.94. The molecule has 0 fully saturated rings. The van der Waals surface area contributed by atoms with Gasteiger partial charge in [0.05, 0.1) is 12.1 Å². The molecule has 0 bridgehead atoms. The molecule has 8 nitrogen and oxygen atoms in total. The summed E-state index contributed by atoms with van der Waals surface area (Å²) in [5, 5.41) is 21.2. The summed E-state index contributed by atoms with van der Waals surface area (Å²) in [6.45, 7) is 0.461. The number of fused-ring (bicyclic) bond motifs is 1. The van der Waals surface area contributed by atoms with Gasteiger partial charge in [0.15, 0.2) is 0 Å². The van der Waals surface area contributed by atoms with Gasteiger partial charge in [0.25, 0.3) is 0 Å². The molecule has 0 aliphatic carbocycles. The van der Waals surface area contributed by atoms with Crippen LogP contribution in [-0.2, 0) is 13.3 Å². The quantitative estimate of drug-likeness (QED) is 0.429. The Kier molecular flexibility index (Phi) is 6.07. The topological polar surface area (TPSA) is 98.7 Å². The molecule has 3 aromatic rings. The Morgan fingerprint density at radius 2 is 1.81 bits per heavy atom. The lowest BCUT2D eigenvalue weighted by Crippen LogP contribution is -2.42. The first-order valence-electron chi connectivity index (χ1n) is 8.54. The SMILES string of the molecule is CO[Si](CCCOc1ccc(-c2cccc3[nH]nnc23)c(O)c1)(OC)OC. The number of aromatic hydroxyl groups is 1. The minimum atomic E-state index is -2.58. The van der Waals surface area contributed by atoms with E-state index in [1.807, 2.05) is 30.3 Å². The van der Waals surface area contributed by atoms with Gasteiger partial charge in [0.1, 0.15) is 17.0 Å². The maximum atomic E-state index is 10.5. The molecule has 0 aliphatic heterocycles. The lowest BCUT2D eigenvalue weighted by Gasteiger charge is -2.24. The average Bonchev–Trinajstić information content (AvgIpc) is 3.18. The molecular weight excluding hydrogens is 366 g/mol. The Morgan fingerprint density at radius 3 is 2.52 bits per heavy atom. The van der Waals surface area contributed by atoms with Gasteiger partial charge in [-0.05, 0) is 24.6 Å². The van der Waals surface area contributed by atoms with E-state index in [9.17, 15) is 5.11 Å². The Morgan fingerprint density at radius 1 is 1.04 bits per heavy atom. The number of hydrogen-bond acceptors (Lipinski definition) is 7. The number of phenolic OH excluding ortho intramolecular Hbond substituents is 1. The number of rotatable bonds is 9. The Balaban J connectivity index is 1.66. The maximum absolute atomic E-state index is 10.5. The van der Waals surface area contributed by atoms with Crippen molar-refractivity contribution < 1.29 is 23.1 Å². The maximum Gasteiger partial charge on any atom is 0.500 e. The van der Waals surface area contributed by atoms with E-state index in [1.165, 1.54) is 0 Å². The van der Waals surface area contributed by atoms with Crippen LogP contribution in [-0.4, -0.2) is 57.3 Å². The first-order chi connectivity index (χ1) is 13.1. The van der Waals surface area contributed by atoms with Crippen LogP contribution >= 0.6 is 0 Å². The zero-order valence-electron chi connectivity index (χ0n) is 15.6. The van der Waals surface area contributed by atoms with Crippen LogP contribution in [0.5, 0.6) is 11.5 Å². The van der Waals surface area contributed by atoms with Crippen LogP contribution in [0.2, 0.25) is 6.04 Å². The summed E-state index contributed by atoms with van der Waals surface area (Å²) in [6, 6.07) is 11.5. The van der Waals surface area contributed by atoms with Crippen molar-refractivity contribution in [3.8, 4) is 22.6 Å². The summed E-state index contributed by atoms with van der Waals surface area (Å²) in [5.74, 6) is 0.709. The van der Waals surface area contributed by atoms with Crippen molar-refractivity contribution >= 4 is 19.8 Å². The number of aromatic nitrogens is 3. The smallest absolute Gasteiger partial charge is 0.500 e. The van der Waals surface area contributed by atoms with Crippen LogP contribution in [0, 0.1) is 0 Å². The fraction of sp³-hybridized carbons (Fsp3) is 0.333. The van der Waals surface area contributed by atoms with Crippen molar-refractivity contribution in [2.45, 2.75) is 12.5 Å². The molecule has 27 heavy (non-hydrogen) atoms. The third kappa shape index (κ3) is 4.11. The molecule has 0 aliphatic rings. The van der Waals surface area contributed by atoms with Crippen LogP contribution in [0.4, 0.5) is 0 Å². The minimum absolute atomic E-state index is 0.123. The van der Waals surface area contributed by atoms with Crippen LogP contribution in [0.1, 0.15) is 6.42 Å². The highest BCUT2D eigenvalue weighted by Gasteiger charge is 2.36. The molecular formula is C18H23N3O5Si. The molecule has 144 valence electrons. The summed E-state index contributed by atoms with van der Waals surface area (Å²) in [6.07, 6.45) is 0.711.